The average molecular weight is 466 g/mol. The Morgan fingerprint density at radius 3 is 2.23 bits per heavy atom. The van der Waals surface area contributed by atoms with Crippen LogP contribution in [0.1, 0.15) is 28.8 Å². The van der Waals surface area contributed by atoms with Crippen LogP contribution in [0.3, 0.4) is 0 Å². The Morgan fingerprint density at radius 1 is 0.857 bits per heavy atom. The van der Waals surface area contributed by atoms with Crippen molar-refractivity contribution in [3.05, 3.63) is 108 Å². The fourth-order valence-electron chi connectivity index (χ4n) is 4.94. The van der Waals surface area contributed by atoms with Crippen molar-refractivity contribution < 1.29 is 14.3 Å². The number of esters is 1. The van der Waals surface area contributed by atoms with E-state index in [0.29, 0.717) is 31.5 Å². The van der Waals surface area contributed by atoms with Gasteiger partial charge in [0.2, 0.25) is 0 Å². The van der Waals surface area contributed by atoms with Crippen LogP contribution in [-0.4, -0.2) is 46.8 Å². The second-order valence-electron chi connectivity index (χ2n) is 8.78. The third-order valence-electron chi connectivity index (χ3n) is 6.86. The first-order valence-corrected chi connectivity index (χ1v) is 11.8. The van der Waals surface area contributed by atoms with Crippen LogP contribution in [0.5, 0.6) is 0 Å². The van der Waals surface area contributed by atoms with Gasteiger partial charge in [-0.05, 0) is 42.7 Å². The lowest BCUT2D eigenvalue weighted by atomic mass is 9.72. The molecular formula is C29H27N3O3. The molecule has 6 nitrogen and oxygen atoms in total. The maximum Gasteiger partial charge on any atom is 0.316 e. The van der Waals surface area contributed by atoms with Crippen molar-refractivity contribution >= 4 is 11.9 Å². The van der Waals surface area contributed by atoms with E-state index < -0.39 is 5.41 Å². The second kappa shape index (κ2) is 9.58. The fourth-order valence-corrected chi connectivity index (χ4v) is 4.94. The lowest BCUT2D eigenvalue weighted by molar-refractivity contribution is -0.149. The lowest BCUT2D eigenvalue weighted by Crippen LogP contribution is -2.49. The molecule has 6 heteroatoms. The molecule has 1 aromatic heterocycles. The molecule has 0 bridgehead atoms. The molecule has 0 atom stereocenters. The van der Waals surface area contributed by atoms with Crippen LogP contribution in [-0.2, 0) is 14.9 Å². The number of ether oxygens (including phenoxy) is 1. The highest BCUT2D eigenvalue weighted by Gasteiger charge is 2.44. The molecule has 3 aromatic carbocycles. The Morgan fingerprint density at radius 2 is 1.54 bits per heavy atom. The zero-order valence-corrected chi connectivity index (χ0v) is 19.6. The fraction of sp³-hybridized carbons (Fsp3) is 0.207. The lowest BCUT2D eigenvalue weighted by Gasteiger charge is -2.40. The summed E-state index contributed by atoms with van der Waals surface area (Å²) in [6, 6.07) is 29.3. The highest BCUT2D eigenvalue weighted by Crippen LogP contribution is 2.37. The number of hydrogen-bond acceptors (Lipinski definition) is 4. The SMILES string of the molecule is COC(=O)C1(c2ccccc2)CCN(C(=O)c2cccc(-n3nccc3-c3ccccc3)c2)CC1. The first-order valence-electron chi connectivity index (χ1n) is 11.8. The van der Waals surface area contributed by atoms with Gasteiger partial charge in [0.1, 0.15) is 0 Å². The quantitative estimate of drug-likeness (QED) is 0.394. The van der Waals surface area contributed by atoms with Crippen LogP contribution in [0, 0.1) is 0 Å². The van der Waals surface area contributed by atoms with E-state index in [1.807, 2.05) is 101 Å². The predicted octanol–water partition coefficient (Wildman–Crippen LogP) is 4.89. The number of methoxy groups -OCH3 is 1. The largest absolute Gasteiger partial charge is 0.468 e. The van der Waals surface area contributed by atoms with Gasteiger partial charge in [0.25, 0.3) is 5.91 Å². The molecule has 1 fully saturated rings. The summed E-state index contributed by atoms with van der Waals surface area (Å²) in [6.45, 7) is 0.953. The van der Waals surface area contributed by atoms with E-state index in [1.54, 1.807) is 6.20 Å². The molecule has 1 saturated heterocycles. The Balaban J connectivity index is 1.37. The van der Waals surface area contributed by atoms with Crippen LogP contribution in [0.2, 0.25) is 0 Å². The minimum absolute atomic E-state index is 0.0493. The summed E-state index contributed by atoms with van der Waals surface area (Å²) >= 11 is 0. The van der Waals surface area contributed by atoms with Gasteiger partial charge in [-0.25, -0.2) is 4.68 Å². The minimum atomic E-state index is -0.728. The molecule has 4 aromatic rings. The van der Waals surface area contributed by atoms with Crippen molar-refractivity contribution in [1.82, 2.24) is 14.7 Å². The van der Waals surface area contributed by atoms with E-state index >= 15 is 0 Å². The minimum Gasteiger partial charge on any atom is -0.468 e. The summed E-state index contributed by atoms with van der Waals surface area (Å²) in [5, 5.41) is 4.50. The molecule has 5 rings (SSSR count). The number of carbonyl (C=O) groups is 2. The van der Waals surface area contributed by atoms with Crippen molar-refractivity contribution in [1.29, 1.82) is 0 Å². The van der Waals surface area contributed by atoms with Crippen LogP contribution in [0.15, 0.2) is 97.2 Å². The molecular weight excluding hydrogens is 438 g/mol. The van der Waals surface area contributed by atoms with Crippen LogP contribution >= 0.6 is 0 Å². The van der Waals surface area contributed by atoms with E-state index in [-0.39, 0.29) is 11.9 Å². The second-order valence-corrected chi connectivity index (χ2v) is 8.78. The summed E-state index contributed by atoms with van der Waals surface area (Å²) in [4.78, 5) is 28.1. The van der Waals surface area contributed by atoms with E-state index in [9.17, 15) is 9.59 Å². The average Bonchev–Trinajstić information content (AvgIpc) is 3.43. The van der Waals surface area contributed by atoms with Gasteiger partial charge in [0, 0.05) is 24.2 Å². The van der Waals surface area contributed by atoms with E-state index in [1.165, 1.54) is 7.11 Å². The number of rotatable bonds is 5. The normalized spacial score (nSPS) is 14.9. The zero-order chi connectivity index (χ0) is 24.3. The van der Waals surface area contributed by atoms with Gasteiger partial charge in [-0.2, -0.15) is 5.10 Å². The van der Waals surface area contributed by atoms with Crippen molar-refractivity contribution in [2.24, 2.45) is 0 Å². The third-order valence-corrected chi connectivity index (χ3v) is 6.86. The van der Waals surface area contributed by atoms with Crippen LogP contribution < -0.4 is 0 Å². The van der Waals surface area contributed by atoms with Gasteiger partial charge in [-0.1, -0.05) is 66.7 Å². The summed E-state index contributed by atoms with van der Waals surface area (Å²) in [6.07, 6.45) is 2.80. The number of hydrogen-bond donors (Lipinski definition) is 0. The maximum absolute atomic E-state index is 13.4. The molecule has 2 heterocycles. The highest BCUT2D eigenvalue weighted by molar-refractivity contribution is 5.95. The van der Waals surface area contributed by atoms with Crippen molar-refractivity contribution in [2.45, 2.75) is 18.3 Å². The summed E-state index contributed by atoms with van der Waals surface area (Å²) in [5.74, 6) is -0.295. The van der Waals surface area contributed by atoms with Gasteiger partial charge < -0.3 is 9.64 Å². The Kier molecular flexibility index (Phi) is 6.19. The number of likely N-dealkylation sites (tertiary alicyclic amines) is 1. The topological polar surface area (TPSA) is 64.4 Å². The number of carbonyl (C=O) groups excluding carboxylic acids is 2. The first-order chi connectivity index (χ1) is 17.1. The van der Waals surface area contributed by atoms with Gasteiger partial charge >= 0.3 is 5.97 Å². The molecule has 1 aliphatic rings. The van der Waals surface area contributed by atoms with Gasteiger partial charge in [-0.3, -0.25) is 9.59 Å². The van der Waals surface area contributed by atoms with Crippen LogP contribution in [0.25, 0.3) is 16.9 Å². The molecule has 0 N–H and O–H groups in total. The molecule has 0 saturated carbocycles. The molecule has 1 aliphatic heterocycles. The number of amides is 1. The molecule has 0 aliphatic carbocycles. The highest BCUT2D eigenvalue weighted by atomic mass is 16.5. The van der Waals surface area contributed by atoms with Gasteiger partial charge in [0.05, 0.1) is 30.1 Å². The van der Waals surface area contributed by atoms with Gasteiger partial charge in [0.15, 0.2) is 0 Å². The standard InChI is InChI=1S/C29H27N3O3/c1-35-28(34)29(24-12-6-3-7-13-24)16-19-31(20-17-29)27(33)23-11-8-14-25(21-23)32-26(15-18-30-32)22-9-4-2-5-10-22/h2-15,18,21H,16-17,19-20H2,1H3. The molecule has 1 amide bonds. The Bertz CT molecular complexity index is 1320. The number of nitrogens with zero attached hydrogens (tertiary/aromatic N) is 3. The number of benzene rings is 3. The molecule has 0 radical (unpaired) electrons. The molecule has 176 valence electrons. The Labute approximate surface area is 204 Å². The third kappa shape index (κ3) is 4.23. The summed E-state index contributed by atoms with van der Waals surface area (Å²) < 4.78 is 7.03. The number of piperidine rings is 1. The monoisotopic (exact) mass is 465 g/mol. The van der Waals surface area contributed by atoms with E-state index in [4.69, 9.17) is 4.74 Å². The van der Waals surface area contributed by atoms with Crippen molar-refractivity contribution in [2.75, 3.05) is 20.2 Å². The predicted molar refractivity (Wildman–Crippen MR) is 134 cm³/mol. The molecule has 0 spiro atoms. The number of aromatic nitrogens is 2. The summed E-state index contributed by atoms with van der Waals surface area (Å²) in [5.41, 5.74) is 3.64. The van der Waals surface area contributed by atoms with Crippen LogP contribution in [0.4, 0.5) is 0 Å². The Hall–Kier alpha value is -4.19. The molecule has 0 unspecified atom stereocenters. The van der Waals surface area contributed by atoms with E-state index in [0.717, 1.165) is 22.5 Å². The van der Waals surface area contributed by atoms with Gasteiger partial charge in [-0.15, -0.1) is 0 Å². The zero-order valence-electron chi connectivity index (χ0n) is 19.6. The maximum atomic E-state index is 13.4. The van der Waals surface area contributed by atoms with Crippen molar-refractivity contribution in [3.63, 3.8) is 0 Å². The van der Waals surface area contributed by atoms with E-state index in [2.05, 4.69) is 5.10 Å². The van der Waals surface area contributed by atoms with Crippen molar-refractivity contribution in [3.8, 4) is 16.9 Å². The molecule has 35 heavy (non-hydrogen) atoms. The summed E-state index contributed by atoms with van der Waals surface area (Å²) in [7, 11) is 1.43. The first kappa shape index (κ1) is 22.6. The smallest absolute Gasteiger partial charge is 0.316 e.